The Bertz CT molecular complexity index is 1130. The van der Waals surface area contributed by atoms with Crippen molar-refractivity contribution in [3.63, 3.8) is 0 Å². The molecule has 1 saturated heterocycles. The SMILES string of the molecule is CCCS(=O)(=O)N(c1cccc(OC2CN(C(=O)c3cc(C)ccc3C)CC2OC)c1)C(F)F. The molecule has 7 nitrogen and oxygen atoms in total. The number of sulfonamides is 1. The average molecular weight is 497 g/mol. The number of amides is 1. The van der Waals surface area contributed by atoms with E-state index in [0.29, 0.717) is 12.1 Å². The van der Waals surface area contributed by atoms with E-state index in [4.69, 9.17) is 9.47 Å². The molecule has 2 atom stereocenters. The number of nitrogens with zero attached hydrogens (tertiary/aromatic N) is 2. The van der Waals surface area contributed by atoms with E-state index in [2.05, 4.69) is 0 Å². The fourth-order valence-corrected chi connectivity index (χ4v) is 5.40. The molecule has 186 valence electrons. The summed E-state index contributed by atoms with van der Waals surface area (Å²) in [7, 11) is -2.68. The van der Waals surface area contributed by atoms with E-state index < -0.39 is 34.5 Å². The van der Waals surface area contributed by atoms with Gasteiger partial charge in [0.1, 0.15) is 18.0 Å². The van der Waals surface area contributed by atoms with Crippen LogP contribution in [0.15, 0.2) is 42.5 Å². The molecule has 1 aliphatic heterocycles. The van der Waals surface area contributed by atoms with Crippen molar-refractivity contribution in [2.75, 3.05) is 30.3 Å². The number of aryl methyl sites for hydroxylation is 2. The molecular weight excluding hydrogens is 466 g/mol. The Morgan fingerprint density at radius 1 is 1.15 bits per heavy atom. The molecule has 2 unspecified atom stereocenters. The van der Waals surface area contributed by atoms with E-state index >= 15 is 0 Å². The molecule has 0 saturated carbocycles. The summed E-state index contributed by atoms with van der Waals surface area (Å²) in [5, 5.41) is 0. The number of ether oxygens (including phenoxy) is 2. The fourth-order valence-electron chi connectivity index (χ4n) is 4.01. The van der Waals surface area contributed by atoms with Gasteiger partial charge in [0.2, 0.25) is 10.0 Å². The third kappa shape index (κ3) is 5.67. The van der Waals surface area contributed by atoms with Gasteiger partial charge in [-0.15, -0.1) is 0 Å². The molecule has 0 radical (unpaired) electrons. The van der Waals surface area contributed by atoms with Crippen LogP contribution in [-0.4, -0.2) is 63.9 Å². The molecule has 3 rings (SSSR count). The van der Waals surface area contributed by atoms with Crippen LogP contribution in [0.5, 0.6) is 5.75 Å². The minimum Gasteiger partial charge on any atom is -0.486 e. The van der Waals surface area contributed by atoms with Crippen LogP contribution in [0.2, 0.25) is 0 Å². The summed E-state index contributed by atoms with van der Waals surface area (Å²) in [6.07, 6.45) is -0.779. The molecule has 1 aliphatic rings. The molecular formula is C24H30F2N2O5S. The van der Waals surface area contributed by atoms with Crippen molar-refractivity contribution in [3.8, 4) is 5.75 Å². The maximum Gasteiger partial charge on any atom is 0.327 e. The van der Waals surface area contributed by atoms with E-state index in [1.807, 2.05) is 32.0 Å². The maximum atomic E-state index is 13.7. The first-order chi connectivity index (χ1) is 16.1. The molecule has 2 aromatic carbocycles. The number of halogens is 2. The second-order valence-corrected chi connectivity index (χ2v) is 10.3. The van der Waals surface area contributed by atoms with Gasteiger partial charge in [0.25, 0.3) is 5.91 Å². The van der Waals surface area contributed by atoms with Crippen LogP contribution in [0.25, 0.3) is 0 Å². The standard InChI is InChI=1S/C24H30F2N2O5S/c1-5-11-34(30,31)28(24(25)26)18-7-6-8-19(13-18)33-22-15-27(14-21(22)32-4)23(29)20-12-16(2)9-10-17(20)3/h6-10,12-13,21-22,24H,5,11,14-15H2,1-4H3. The van der Waals surface area contributed by atoms with Crippen LogP contribution in [0.4, 0.5) is 14.5 Å². The number of alkyl halides is 2. The molecule has 0 aromatic heterocycles. The van der Waals surface area contributed by atoms with Crippen molar-refractivity contribution < 1.29 is 31.5 Å². The third-order valence-electron chi connectivity index (χ3n) is 5.73. The van der Waals surface area contributed by atoms with Gasteiger partial charge in [-0.2, -0.15) is 8.78 Å². The zero-order chi connectivity index (χ0) is 25.0. The maximum absolute atomic E-state index is 13.7. The monoisotopic (exact) mass is 496 g/mol. The normalized spacial score (nSPS) is 18.4. The number of rotatable bonds is 9. The summed E-state index contributed by atoms with van der Waals surface area (Å²) >= 11 is 0. The van der Waals surface area contributed by atoms with Gasteiger partial charge in [-0.05, 0) is 44.0 Å². The van der Waals surface area contributed by atoms with Crippen LogP contribution in [0, 0.1) is 13.8 Å². The fraction of sp³-hybridized carbons (Fsp3) is 0.458. The molecule has 1 fully saturated rings. The summed E-state index contributed by atoms with van der Waals surface area (Å²) < 4.78 is 63.7. The Hall–Kier alpha value is -2.72. The molecule has 1 amide bonds. The lowest BCUT2D eigenvalue weighted by molar-refractivity contribution is 0.0339. The van der Waals surface area contributed by atoms with Gasteiger partial charge in [0.15, 0.2) is 0 Å². The predicted molar refractivity (Wildman–Crippen MR) is 126 cm³/mol. The lowest BCUT2D eigenvalue weighted by Crippen LogP contribution is -2.37. The Morgan fingerprint density at radius 3 is 2.50 bits per heavy atom. The van der Waals surface area contributed by atoms with Crippen molar-refractivity contribution in [2.24, 2.45) is 0 Å². The molecule has 1 heterocycles. The zero-order valence-corrected chi connectivity index (χ0v) is 20.5. The van der Waals surface area contributed by atoms with Gasteiger partial charge in [-0.3, -0.25) is 4.79 Å². The van der Waals surface area contributed by atoms with Crippen molar-refractivity contribution in [1.82, 2.24) is 4.90 Å². The van der Waals surface area contributed by atoms with Gasteiger partial charge in [-0.1, -0.05) is 30.7 Å². The van der Waals surface area contributed by atoms with E-state index in [1.165, 1.54) is 25.3 Å². The molecule has 34 heavy (non-hydrogen) atoms. The van der Waals surface area contributed by atoms with E-state index in [0.717, 1.165) is 11.1 Å². The van der Waals surface area contributed by atoms with Gasteiger partial charge in [0.05, 0.1) is 24.5 Å². The zero-order valence-electron chi connectivity index (χ0n) is 19.7. The smallest absolute Gasteiger partial charge is 0.327 e. The predicted octanol–water partition coefficient (Wildman–Crippen LogP) is 3.99. The molecule has 10 heteroatoms. The number of likely N-dealkylation sites (tertiary alicyclic amines) is 1. The van der Waals surface area contributed by atoms with E-state index in [1.54, 1.807) is 17.9 Å². The Kier molecular flexibility index (Phi) is 8.14. The van der Waals surface area contributed by atoms with Crippen LogP contribution >= 0.6 is 0 Å². The lowest BCUT2D eigenvalue weighted by Gasteiger charge is -2.24. The Balaban J connectivity index is 1.81. The van der Waals surface area contributed by atoms with Crippen LogP contribution in [0.3, 0.4) is 0 Å². The largest absolute Gasteiger partial charge is 0.486 e. The highest BCUT2D eigenvalue weighted by molar-refractivity contribution is 7.92. The van der Waals surface area contributed by atoms with Gasteiger partial charge < -0.3 is 14.4 Å². The highest BCUT2D eigenvalue weighted by Gasteiger charge is 2.38. The Labute approximate surface area is 199 Å². The summed E-state index contributed by atoms with van der Waals surface area (Å²) in [5.41, 5.74) is 2.26. The average Bonchev–Trinajstić information content (AvgIpc) is 3.17. The highest BCUT2D eigenvalue weighted by Crippen LogP contribution is 2.29. The van der Waals surface area contributed by atoms with Crippen LogP contribution in [-0.2, 0) is 14.8 Å². The highest BCUT2D eigenvalue weighted by atomic mass is 32.2. The van der Waals surface area contributed by atoms with E-state index in [9.17, 15) is 22.0 Å². The minimum atomic E-state index is -4.19. The summed E-state index contributed by atoms with van der Waals surface area (Å²) in [6.45, 7) is 2.72. The molecule has 0 spiro atoms. The summed E-state index contributed by atoms with van der Waals surface area (Å²) in [6, 6.07) is 11.3. The number of hydrogen-bond donors (Lipinski definition) is 0. The number of benzene rings is 2. The van der Waals surface area contributed by atoms with Crippen molar-refractivity contribution in [1.29, 1.82) is 0 Å². The van der Waals surface area contributed by atoms with Crippen molar-refractivity contribution in [2.45, 2.75) is 45.9 Å². The number of hydrogen-bond acceptors (Lipinski definition) is 5. The van der Waals surface area contributed by atoms with Gasteiger partial charge in [0, 0.05) is 18.7 Å². The number of carbonyl (C=O) groups is 1. The second-order valence-electron chi connectivity index (χ2n) is 8.35. The minimum absolute atomic E-state index is 0.113. The third-order valence-corrected chi connectivity index (χ3v) is 7.62. The number of methoxy groups -OCH3 is 1. The van der Waals surface area contributed by atoms with Gasteiger partial charge >= 0.3 is 6.55 Å². The van der Waals surface area contributed by atoms with Crippen LogP contribution in [0.1, 0.15) is 34.8 Å². The van der Waals surface area contributed by atoms with E-state index in [-0.39, 0.29) is 34.6 Å². The first-order valence-corrected chi connectivity index (χ1v) is 12.6. The summed E-state index contributed by atoms with van der Waals surface area (Å²) in [5.74, 6) is -0.327. The molecule has 0 N–H and O–H groups in total. The topological polar surface area (TPSA) is 76.2 Å². The first kappa shape index (κ1) is 25.9. The van der Waals surface area contributed by atoms with Crippen molar-refractivity contribution in [3.05, 3.63) is 59.2 Å². The summed E-state index contributed by atoms with van der Waals surface area (Å²) in [4.78, 5) is 14.8. The molecule has 0 bridgehead atoms. The number of carbonyl (C=O) groups excluding carboxylic acids is 1. The van der Waals surface area contributed by atoms with Gasteiger partial charge in [-0.25, -0.2) is 12.7 Å². The second kappa shape index (κ2) is 10.7. The number of anilines is 1. The first-order valence-electron chi connectivity index (χ1n) is 11.0. The molecule has 0 aliphatic carbocycles. The Morgan fingerprint density at radius 2 is 1.85 bits per heavy atom. The lowest BCUT2D eigenvalue weighted by atomic mass is 10.0. The van der Waals surface area contributed by atoms with Crippen molar-refractivity contribution >= 4 is 21.6 Å². The quantitative estimate of drug-likeness (QED) is 0.491. The molecule has 2 aromatic rings. The van der Waals surface area contributed by atoms with Crippen LogP contribution < -0.4 is 9.04 Å².